The lowest BCUT2D eigenvalue weighted by Gasteiger charge is -2.35. The van der Waals surface area contributed by atoms with Gasteiger partial charge in [-0.2, -0.15) is 0 Å². The fourth-order valence-electron chi connectivity index (χ4n) is 3.85. The van der Waals surface area contributed by atoms with Crippen LogP contribution in [-0.4, -0.2) is 72.2 Å². The summed E-state index contributed by atoms with van der Waals surface area (Å²) in [6, 6.07) is 2.05. The molecule has 0 saturated carbocycles. The zero-order chi connectivity index (χ0) is 24.4. The van der Waals surface area contributed by atoms with Crippen LogP contribution in [0.5, 0.6) is 0 Å². The molecule has 0 spiro atoms. The van der Waals surface area contributed by atoms with Gasteiger partial charge in [-0.05, 0) is 19.1 Å². The summed E-state index contributed by atoms with van der Waals surface area (Å²) in [7, 11) is 1.24. The summed E-state index contributed by atoms with van der Waals surface area (Å²) < 4.78 is 24.1. The van der Waals surface area contributed by atoms with E-state index in [0.29, 0.717) is 35.3 Å². The number of ether oxygens (including phenoxy) is 2. The second kappa shape index (κ2) is 10.2. The first kappa shape index (κ1) is 24.3. The van der Waals surface area contributed by atoms with Crippen LogP contribution in [0.2, 0.25) is 5.02 Å². The van der Waals surface area contributed by atoms with Gasteiger partial charge in [0.15, 0.2) is 10.8 Å². The van der Waals surface area contributed by atoms with Crippen LogP contribution in [-0.2, 0) is 19.1 Å². The number of carbonyl (C=O) groups excluding carboxylic acids is 1. The first-order valence-corrected chi connectivity index (χ1v) is 11.6. The number of aliphatic carboxylic acids is 1. The van der Waals surface area contributed by atoms with Crippen molar-refractivity contribution in [2.75, 3.05) is 33.4 Å². The number of aryl methyl sites for hydroxylation is 1. The lowest BCUT2D eigenvalue weighted by molar-refractivity contribution is -0.149. The molecule has 1 saturated heterocycles. The number of nitrogens with zero attached hydrogens (tertiary/aromatic N) is 3. The quantitative estimate of drug-likeness (QED) is 0.572. The molecule has 1 fully saturated rings. The standard InChI is InChI=1S/C22H22ClFN4O5S/c1-11-10-34-20(25-11)19-26-15(8-28-5-6-33-9-16(28)21(29)30)17(22(31)32-2)18(27-19)13-4-3-12(24)7-14(13)23/h3-4,7,10,16,18H,5-6,8-9H2,1-2H3,(H,26,27)(H,29,30)/t16-,18-/m0/s1. The first-order valence-electron chi connectivity index (χ1n) is 10.4. The van der Waals surface area contributed by atoms with Gasteiger partial charge in [0.25, 0.3) is 0 Å². The Morgan fingerprint density at radius 2 is 2.24 bits per heavy atom. The highest BCUT2D eigenvalue weighted by Crippen LogP contribution is 2.37. The molecule has 0 unspecified atom stereocenters. The molecule has 0 amide bonds. The van der Waals surface area contributed by atoms with E-state index in [1.54, 1.807) is 4.90 Å². The van der Waals surface area contributed by atoms with E-state index in [2.05, 4.69) is 10.3 Å². The van der Waals surface area contributed by atoms with Crippen LogP contribution in [0.4, 0.5) is 4.39 Å². The van der Waals surface area contributed by atoms with Gasteiger partial charge >= 0.3 is 11.9 Å². The number of carboxylic acids is 1. The number of amidine groups is 1. The van der Waals surface area contributed by atoms with Gasteiger partial charge in [-0.15, -0.1) is 11.3 Å². The lowest BCUT2D eigenvalue weighted by Crippen LogP contribution is -2.52. The number of carbonyl (C=O) groups is 2. The van der Waals surface area contributed by atoms with Crippen LogP contribution in [0.3, 0.4) is 0 Å². The van der Waals surface area contributed by atoms with Crippen LogP contribution in [0.25, 0.3) is 0 Å². The number of hydrogen-bond donors (Lipinski definition) is 2. The molecule has 2 aliphatic rings. The maximum atomic E-state index is 13.8. The van der Waals surface area contributed by atoms with E-state index in [9.17, 15) is 19.1 Å². The number of thiazole rings is 1. The fraction of sp³-hybridized carbons (Fsp3) is 0.364. The number of carboxylic acid groups (broad SMARTS) is 1. The van der Waals surface area contributed by atoms with Crippen molar-refractivity contribution in [2.24, 2.45) is 4.99 Å². The Kier molecular flexibility index (Phi) is 7.27. The zero-order valence-electron chi connectivity index (χ0n) is 18.4. The second-order valence-electron chi connectivity index (χ2n) is 7.75. The highest BCUT2D eigenvalue weighted by molar-refractivity contribution is 7.11. The summed E-state index contributed by atoms with van der Waals surface area (Å²) in [6.07, 6.45) is 0. The first-order chi connectivity index (χ1) is 16.3. The number of benzene rings is 1. The molecule has 1 aromatic carbocycles. The Morgan fingerprint density at radius 1 is 1.44 bits per heavy atom. The maximum absolute atomic E-state index is 13.8. The molecule has 2 aliphatic heterocycles. The Bertz CT molecular complexity index is 1180. The van der Waals surface area contributed by atoms with E-state index in [4.69, 9.17) is 26.1 Å². The van der Waals surface area contributed by atoms with Crippen molar-refractivity contribution in [3.8, 4) is 0 Å². The van der Waals surface area contributed by atoms with Crippen molar-refractivity contribution in [1.82, 2.24) is 15.2 Å². The van der Waals surface area contributed by atoms with Gasteiger partial charge in [-0.1, -0.05) is 17.7 Å². The maximum Gasteiger partial charge on any atom is 0.338 e. The number of aromatic nitrogens is 1. The summed E-state index contributed by atoms with van der Waals surface area (Å²) in [5.74, 6) is -1.82. The number of nitrogens with one attached hydrogen (secondary N) is 1. The minimum absolute atomic E-state index is 0.0238. The third-order valence-corrected chi connectivity index (χ3v) is 6.79. The molecule has 2 aromatic rings. The summed E-state index contributed by atoms with van der Waals surface area (Å²) in [5, 5.41) is 15.4. The molecule has 2 atom stereocenters. The Labute approximate surface area is 203 Å². The largest absolute Gasteiger partial charge is 0.480 e. The number of rotatable bonds is 6. The average Bonchev–Trinajstić information content (AvgIpc) is 3.24. The van der Waals surface area contributed by atoms with E-state index in [1.807, 2.05) is 12.3 Å². The highest BCUT2D eigenvalue weighted by Gasteiger charge is 2.37. The molecule has 0 radical (unpaired) electrons. The Morgan fingerprint density at radius 3 is 2.88 bits per heavy atom. The predicted octanol–water partition coefficient (Wildman–Crippen LogP) is 2.55. The summed E-state index contributed by atoms with van der Waals surface area (Å²) >= 11 is 7.72. The average molecular weight is 509 g/mol. The number of methoxy groups -OCH3 is 1. The third-order valence-electron chi connectivity index (χ3n) is 5.50. The van der Waals surface area contributed by atoms with Crippen molar-refractivity contribution >= 4 is 40.7 Å². The zero-order valence-corrected chi connectivity index (χ0v) is 20.0. The minimum atomic E-state index is -1.03. The monoisotopic (exact) mass is 508 g/mol. The highest BCUT2D eigenvalue weighted by atomic mass is 35.5. The molecular weight excluding hydrogens is 487 g/mol. The Balaban J connectivity index is 1.84. The van der Waals surface area contributed by atoms with Gasteiger partial charge in [-0.25, -0.2) is 14.2 Å². The summed E-state index contributed by atoms with van der Waals surface area (Å²) in [6.45, 7) is 2.66. The topological polar surface area (TPSA) is 113 Å². The van der Waals surface area contributed by atoms with E-state index in [0.717, 1.165) is 11.8 Å². The van der Waals surface area contributed by atoms with Crippen molar-refractivity contribution in [1.29, 1.82) is 0 Å². The number of halogens is 2. The molecule has 34 heavy (non-hydrogen) atoms. The smallest absolute Gasteiger partial charge is 0.338 e. The van der Waals surface area contributed by atoms with Gasteiger partial charge < -0.3 is 19.9 Å². The van der Waals surface area contributed by atoms with Gasteiger partial charge in [0, 0.05) is 40.4 Å². The van der Waals surface area contributed by atoms with E-state index in [1.165, 1.54) is 30.6 Å². The molecule has 0 bridgehead atoms. The molecular formula is C22H22ClFN4O5S. The second-order valence-corrected chi connectivity index (χ2v) is 9.01. The van der Waals surface area contributed by atoms with Crippen molar-refractivity contribution in [3.63, 3.8) is 0 Å². The molecule has 9 nitrogen and oxygen atoms in total. The Hall–Kier alpha value is -2.86. The van der Waals surface area contributed by atoms with E-state index >= 15 is 0 Å². The van der Waals surface area contributed by atoms with Crippen molar-refractivity contribution in [3.05, 3.63) is 62.0 Å². The summed E-state index contributed by atoms with van der Waals surface area (Å²) in [4.78, 5) is 35.6. The number of morpholine rings is 1. The van der Waals surface area contributed by atoms with E-state index in [-0.39, 0.29) is 23.7 Å². The molecule has 4 rings (SSSR count). The molecule has 180 valence electrons. The van der Waals surface area contributed by atoms with Crippen LogP contribution in [0.15, 0.2) is 39.8 Å². The molecule has 12 heteroatoms. The number of hydrogen-bond acceptors (Lipinski definition) is 9. The van der Waals surface area contributed by atoms with Crippen LogP contribution >= 0.6 is 22.9 Å². The van der Waals surface area contributed by atoms with Crippen LogP contribution < -0.4 is 5.32 Å². The van der Waals surface area contributed by atoms with Gasteiger partial charge in [0.2, 0.25) is 0 Å². The van der Waals surface area contributed by atoms with Crippen LogP contribution in [0, 0.1) is 12.7 Å². The fourth-order valence-corrected chi connectivity index (χ4v) is 4.87. The van der Waals surface area contributed by atoms with Crippen LogP contribution in [0.1, 0.15) is 22.3 Å². The predicted molar refractivity (Wildman–Crippen MR) is 124 cm³/mol. The lowest BCUT2D eigenvalue weighted by atomic mass is 9.95. The van der Waals surface area contributed by atoms with Crippen molar-refractivity contribution < 1.29 is 28.6 Å². The molecule has 1 aromatic heterocycles. The molecule has 0 aliphatic carbocycles. The SMILES string of the molecule is COC(=O)C1=C(CN2CCOC[C@H]2C(=O)O)NC(c2nc(C)cs2)=N[C@H]1c1ccc(F)cc1Cl. The van der Waals surface area contributed by atoms with Gasteiger partial charge in [-0.3, -0.25) is 14.7 Å². The minimum Gasteiger partial charge on any atom is -0.480 e. The summed E-state index contributed by atoms with van der Waals surface area (Å²) in [5.41, 5.74) is 1.76. The molecule has 3 heterocycles. The number of esters is 1. The van der Waals surface area contributed by atoms with Crippen molar-refractivity contribution in [2.45, 2.75) is 19.0 Å². The molecule has 2 N–H and O–H groups in total. The third kappa shape index (κ3) is 4.97. The normalized spacial score (nSPS) is 21.1. The van der Waals surface area contributed by atoms with Gasteiger partial charge in [0.05, 0.1) is 25.9 Å². The number of aliphatic imine (C=N–C) groups is 1. The van der Waals surface area contributed by atoms with Gasteiger partial charge in [0.1, 0.15) is 17.9 Å². The van der Waals surface area contributed by atoms with E-state index < -0.39 is 29.8 Å².